The van der Waals surface area contributed by atoms with Crippen molar-refractivity contribution in [1.82, 2.24) is 20.4 Å². The van der Waals surface area contributed by atoms with Gasteiger partial charge in [0.2, 0.25) is 0 Å². The Morgan fingerprint density at radius 2 is 2.05 bits per heavy atom. The van der Waals surface area contributed by atoms with Crippen LogP contribution in [-0.2, 0) is 0 Å². The first-order valence-corrected chi connectivity index (χ1v) is 7.35. The van der Waals surface area contributed by atoms with Gasteiger partial charge in [-0.05, 0) is 44.7 Å². The van der Waals surface area contributed by atoms with Gasteiger partial charge in [-0.3, -0.25) is 4.79 Å². The predicted octanol–water partition coefficient (Wildman–Crippen LogP) is 2.05. The number of carbonyl (C=O) groups is 1. The molecule has 1 atom stereocenters. The van der Waals surface area contributed by atoms with Gasteiger partial charge in [0, 0.05) is 12.6 Å². The smallest absolute Gasteiger partial charge is 0.254 e. The molecule has 22 heavy (non-hydrogen) atoms. The zero-order valence-electron chi connectivity index (χ0n) is 13.1. The van der Waals surface area contributed by atoms with E-state index in [1.165, 1.54) is 18.3 Å². The molecule has 1 aromatic carbocycles. The molecule has 0 aliphatic rings. The van der Waals surface area contributed by atoms with Gasteiger partial charge in [-0.1, -0.05) is 6.92 Å². The molecular formula is C16H21FN4O. The predicted molar refractivity (Wildman–Crippen MR) is 83.7 cm³/mol. The van der Waals surface area contributed by atoms with Crippen molar-refractivity contribution in [2.75, 3.05) is 13.1 Å². The number of benzene rings is 1. The summed E-state index contributed by atoms with van der Waals surface area (Å²) in [5, 5.41) is 10.3. The van der Waals surface area contributed by atoms with Gasteiger partial charge in [-0.2, -0.15) is 5.10 Å². The quantitative estimate of drug-likeness (QED) is 0.858. The molecule has 2 rings (SSSR count). The average molecular weight is 304 g/mol. The van der Waals surface area contributed by atoms with E-state index in [2.05, 4.69) is 15.7 Å². The highest BCUT2D eigenvalue weighted by molar-refractivity contribution is 5.95. The molecule has 5 nitrogen and oxygen atoms in total. The van der Waals surface area contributed by atoms with E-state index in [1.807, 2.05) is 20.8 Å². The molecule has 0 aliphatic carbocycles. The molecule has 0 aliphatic heterocycles. The van der Waals surface area contributed by atoms with Crippen LogP contribution >= 0.6 is 0 Å². The molecular weight excluding hydrogens is 283 g/mol. The van der Waals surface area contributed by atoms with Gasteiger partial charge in [0.1, 0.15) is 5.82 Å². The van der Waals surface area contributed by atoms with Crippen LogP contribution in [0.3, 0.4) is 0 Å². The summed E-state index contributed by atoms with van der Waals surface area (Å²) < 4.78 is 14.6. The molecule has 0 spiro atoms. The summed E-state index contributed by atoms with van der Waals surface area (Å²) in [7, 11) is 0. The number of nitrogens with one attached hydrogen (secondary N) is 2. The van der Waals surface area contributed by atoms with Gasteiger partial charge >= 0.3 is 0 Å². The van der Waals surface area contributed by atoms with Crippen LogP contribution in [0.5, 0.6) is 0 Å². The second-order valence-corrected chi connectivity index (χ2v) is 5.20. The van der Waals surface area contributed by atoms with Crippen molar-refractivity contribution in [1.29, 1.82) is 0 Å². The van der Waals surface area contributed by atoms with Crippen LogP contribution in [-0.4, -0.2) is 34.8 Å². The standard InChI is InChI=1S/C16H21FN4O/c1-4-18-11(2)9-19-16(22)15-10-20-21(12(15)3)14-7-5-13(17)6-8-14/h5-8,10-11,18H,4,9H2,1-3H3,(H,19,22)/t11-/m1/s1. The number of carbonyl (C=O) groups excluding carboxylic acids is 1. The maximum Gasteiger partial charge on any atom is 0.254 e. The van der Waals surface area contributed by atoms with Crippen molar-refractivity contribution < 1.29 is 9.18 Å². The molecule has 0 fully saturated rings. The highest BCUT2D eigenvalue weighted by Gasteiger charge is 2.15. The Morgan fingerprint density at radius 1 is 1.36 bits per heavy atom. The normalized spacial score (nSPS) is 12.2. The second kappa shape index (κ2) is 7.17. The number of amides is 1. The van der Waals surface area contributed by atoms with Crippen LogP contribution in [0.1, 0.15) is 29.9 Å². The van der Waals surface area contributed by atoms with Crippen molar-refractivity contribution in [2.24, 2.45) is 0 Å². The molecule has 2 N–H and O–H groups in total. The van der Waals surface area contributed by atoms with E-state index in [0.29, 0.717) is 12.1 Å². The molecule has 2 aromatic rings. The fraction of sp³-hybridized carbons (Fsp3) is 0.375. The minimum atomic E-state index is -0.302. The van der Waals surface area contributed by atoms with Crippen LogP contribution in [0, 0.1) is 12.7 Å². The largest absolute Gasteiger partial charge is 0.350 e. The van der Waals surface area contributed by atoms with Crippen molar-refractivity contribution >= 4 is 5.91 Å². The third-order valence-corrected chi connectivity index (χ3v) is 3.45. The van der Waals surface area contributed by atoms with Crippen LogP contribution in [0.15, 0.2) is 30.5 Å². The van der Waals surface area contributed by atoms with Crippen molar-refractivity contribution in [2.45, 2.75) is 26.8 Å². The zero-order valence-corrected chi connectivity index (χ0v) is 13.1. The van der Waals surface area contributed by atoms with Crippen molar-refractivity contribution in [3.8, 4) is 5.69 Å². The molecule has 1 heterocycles. The van der Waals surface area contributed by atoms with E-state index in [4.69, 9.17) is 0 Å². The Kier molecular flexibility index (Phi) is 5.27. The van der Waals surface area contributed by atoms with Crippen LogP contribution in [0.25, 0.3) is 5.69 Å². The van der Waals surface area contributed by atoms with Gasteiger partial charge in [-0.15, -0.1) is 0 Å². The van der Waals surface area contributed by atoms with E-state index >= 15 is 0 Å². The second-order valence-electron chi connectivity index (χ2n) is 5.20. The minimum Gasteiger partial charge on any atom is -0.350 e. The number of halogens is 1. The summed E-state index contributed by atoms with van der Waals surface area (Å²) in [6, 6.07) is 6.21. The lowest BCUT2D eigenvalue weighted by molar-refractivity contribution is 0.0949. The molecule has 118 valence electrons. The van der Waals surface area contributed by atoms with Gasteiger partial charge in [0.25, 0.3) is 5.91 Å². The molecule has 1 amide bonds. The number of likely N-dealkylation sites (N-methyl/N-ethyl adjacent to an activating group) is 1. The molecule has 0 saturated carbocycles. The topological polar surface area (TPSA) is 58.9 Å². The number of rotatable bonds is 6. The van der Waals surface area contributed by atoms with Crippen molar-refractivity contribution in [3.63, 3.8) is 0 Å². The number of hydrogen-bond acceptors (Lipinski definition) is 3. The van der Waals surface area contributed by atoms with Crippen LogP contribution in [0.2, 0.25) is 0 Å². The molecule has 1 aromatic heterocycles. The van der Waals surface area contributed by atoms with E-state index < -0.39 is 0 Å². The van der Waals surface area contributed by atoms with Crippen LogP contribution in [0.4, 0.5) is 4.39 Å². The molecule has 6 heteroatoms. The number of aromatic nitrogens is 2. The van der Waals surface area contributed by atoms with E-state index in [0.717, 1.165) is 17.9 Å². The maximum absolute atomic E-state index is 13.0. The first kappa shape index (κ1) is 16.2. The SMILES string of the molecule is CCN[C@H](C)CNC(=O)c1cnn(-c2ccc(F)cc2)c1C. The first-order chi connectivity index (χ1) is 10.5. The number of hydrogen-bond donors (Lipinski definition) is 2. The Hall–Kier alpha value is -2.21. The van der Waals surface area contributed by atoms with E-state index in [-0.39, 0.29) is 17.8 Å². The number of nitrogens with zero attached hydrogens (tertiary/aromatic N) is 2. The molecule has 0 radical (unpaired) electrons. The molecule has 0 bridgehead atoms. The Morgan fingerprint density at radius 3 is 2.68 bits per heavy atom. The lowest BCUT2D eigenvalue weighted by Crippen LogP contribution is -2.38. The highest BCUT2D eigenvalue weighted by Crippen LogP contribution is 2.14. The highest BCUT2D eigenvalue weighted by atomic mass is 19.1. The minimum absolute atomic E-state index is 0.157. The maximum atomic E-state index is 13.0. The van der Waals surface area contributed by atoms with Gasteiger partial charge in [-0.25, -0.2) is 9.07 Å². The summed E-state index contributed by atoms with van der Waals surface area (Å²) in [6.07, 6.45) is 1.53. The van der Waals surface area contributed by atoms with Gasteiger partial charge < -0.3 is 10.6 Å². The summed E-state index contributed by atoms with van der Waals surface area (Å²) in [5.74, 6) is -0.459. The Labute approximate surface area is 129 Å². The Bertz CT molecular complexity index is 636. The van der Waals surface area contributed by atoms with Gasteiger partial charge in [0.05, 0.1) is 23.1 Å². The summed E-state index contributed by atoms with van der Waals surface area (Å²) in [4.78, 5) is 12.2. The van der Waals surface area contributed by atoms with E-state index in [1.54, 1.807) is 16.8 Å². The third-order valence-electron chi connectivity index (χ3n) is 3.45. The molecule has 0 unspecified atom stereocenters. The average Bonchev–Trinajstić information content (AvgIpc) is 2.88. The summed E-state index contributed by atoms with van der Waals surface area (Å²) in [6.45, 7) is 7.26. The lowest BCUT2D eigenvalue weighted by Gasteiger charge is -2.13. The summed E-state index contributed by atoms with van der Waals surface area (Å²) >= 11 is 0. The zero-order chi connectivity index (χ0) is 16.1. The monoisotopic (exact) mass is 304 g/mol. The third kappa shape index (κ3) is 3.71. The van der Waals surface area contributed by atoms with Crippen molar-refractivity contribution in [3.05, 3.63) is 47.5 Å². The van der Waals surface area contributed by atoms with E-state index in [9.17, 15) is 9.18 Å². The van der Waals surface area contributed by atoms with Gasteiger partial charge in [0.15, 0.2) is 0 Å². The molecule has 0 saturated heterocycles. The van der Waals surface area contributed by atoms with Crippen LogP contribution < -0.4 is 10.6 Å². The fourth-order valence-electron chi connectivity index (χ4n) is 2.24. The lowest BCUT2D eigenvalue weighted by atomic mass is 10.2. The Balaban J connectivity index is 2.10. The summed E-state index contributed by atoms with van der Waals surface area (Å²) in [5.41, 5.74) is 1.97. The first-order valence-electron chi connectivity index (χ1n) is 7.35. The fourth-order valence-corrected chi connectivity index (χ4v) is 2.24.